The highest BCUT2D eigenvalue weighted by atomic mass is 19.1. The maximum atomic E-state index is 13.0. The molecule has 1 heterocycles. The quantitative estimate of drug-likeness (QED) is 0.669. The number of nitriles is 1. The Hall–Kier alpha value is -3.33. The van der Waals surface area contributed by atoms with Gasteiger partial charge in [-0.05, 0) is 43.3 Å². The van der Waals surface area contributed by atoms with E-state index in [0.717, 1.165) is 0 Å². The Morgan fingerprint density at radius 3 is 2.64 bits per heavy atom. The minimum atomic E-state index is -0.317. The summed E-state index contributed by atoms with van der Waals surface area (Å²) in [7, 11) is 0. The number of nitrogens with zero attached hydrogens (tertiary/aromatic N) is 2. The summed E-state index contributed by atoms with van der Waals surface area (Å²) >= 11 is 0. The lowest BCUT2D eigenvalue weighted by atomic mass is 10.2. The van der Waals surface area contributed by atoms with Gasteiger partial charge in [-0.1, -0.05) is 0 Å². The molecule has 0 aliphatic carbocycles. The van der Waals surface area contributed by atoms with Gasteiger partial charge in [-0.15, -0.1) is 0 Å². The topological polar surface area (TPSA) is 68.3 Å². The van der Waals surface area contributed by atoms with Gasteiger partial charge in [-0.3, -0.25) is 0 Å². The van der Waals surface area contributed by atoms with Gasteiger partial charge in [0.25, 0.3) is 0 Å². The van der Waals surface area contributed by atoms with Gasteiger partial charge in [0.1, 0.15) is 24.4 Å². The molecule has 3 aromatic rings. The number of aromatic nitrogens is 1. The molecule has 0 fully saturated rings. The Morgan fingerprint density at radius 1 is 1.12 bits per heavy atom. The van der Waals surface area contributed by atoms with Gasteiger partial charge < -0.3 is 13.9 Å². The Balaban J connectivity index is 1.72. The number of hydrogen-bond acceptors (Lipinski definition) is 5. The first-order valence-electron chi connectivity index (χ1n) is 7.69. The fourth-order valence-corrected chi connectivity index (χ4v) is 2.22. The molecule has 3 rings (SSSR count). The summed E-state index contributed by atoms with van der Waals surface area (Å²) in [6, 6.07) is 12.9. The van der Waals surface area contributed by atoms with Crippen LogP contribution in [0.3, 0.4) is 0 Å². The lowest BCUT2D eigenvalue weighted by Gasteiger charge is -2.11. The second kappa shape index (κ2) is 7.49. The first-order chi connectivity index (χ1) is 12.2. The van der Waals surface area contributed by atoms with Crippen molar-refractivity contribution in [2.75, 3.05) is 6.61 Å². The van der Waals surface area contributed by atoms with E-state index in [1.807, 2.05) is 6.92 Å². The van der Waals surface area contributed by atoms with Gasteiger partial charge >= 0.3 is 0 Å². The molecule has 0 bridgehead atoms. The molecule has 0 N–H and O–H groups in total. The molecule has 0 amide bonds. The predicted octanol–water partition coefficient (Wildman–Crippen LogP) is 4.33. The van der Waals surface area contributed by atoms with Crippen LogP contribution in [0, 0.1) is 17.1 Å². The lowest BCUT2D eigenvalue weighted by Crippen LogP contribution is -2.00. The summed E-state index contributed by atoms with van der Waals surface area (Å²) in [5.74, 6) is 1.10. The fourth-order valence-electron chi connectivity index (χ4n) is 2.22. The molecule has 0 atom stereocenters. The van der Waals surface area contributed by atoms with Crippen LogP contribution in [0.2, 0.25) is 0 Å². The van der Waals surface area contributed by atoms with Gasteiger partial charge in [-0.25, -0.2) is 9.37 Å². The van der Waals surface area contributed by atoms with Crippen molar-refractivity contribution in [1.82, 2.24) is 4.98 Å². The van der Waals surface area contributed by atoms with E-state index in [-0.39, 0.29) is 12.4 Å². The maximum Gasteiger partial charge on any atom is 0.226 e. The molecule has 0 spiro atoms. The minimum Gasteiger partial charge on any atom is -0.490 e. The highest BCUT2D eigenvalue weighted by Gasteiger charge is 2.10. The highest BCUT2D eigenvalue weighted by molar-refractivity contribution is 5.52. The number of ether oxygens (including phenoxy) is 2. The van der Waals surface area contributed by atoms with Crippen LogP contribution in [0.5, 0.6) is 11.5 Å². The van der Waals surface area contributed by atoms with E-state index in [1.165, 1.54) is 18.4 Å². The van der Waals surface area contributed by atoms with Crippen molar-refractivity contribution in [2.45, 2.75) is 13.5 Å². The van der Waals surface area contributed by atoms with Crippen LogP contribution in [0.4, 0.5) is 4.39 Å². The molecule has 0 aliphatic heterocycles. The number of hydrogen-bond donors (Lipinski definition) is 0. The number of rotatable bonds is 6. The van der Waals surface area contributed by atoms with E-state index >= 15 is 0 Å². The van der Waals surface area contributed by atoms with Gasteiger partial charge in [0, 0.05) is 11.6 Å². The first kappa shape index (κ1) is 16.5. The van der Waals surface area contributed by atoms with Crippen molar-refractivity contribution in [1.29, 1.82) is 5.26 Å². The van der Waals surface area contributed by atoms with Gasteiger partial charge in [0.2, 0.25) is 5.89 Å². The normalized spacial score (nSPS) is 10.3. The Bertz CT molecular complexity index is 898. The van der Waals surface area contributed by atoms with Crippen molar-refractivity contribution in [3.63, 3.8) is 0 Å². The molecule has 25 heavy (non-hydrogen) atoms. The van der Waals surface area contributed by atoms with Crippen LogP contribution < -0.4 is 9.47 Å². The Morgan fingerprint density at radius 2 is 1.92 bits per heavy atom. The molecular formula is C19H15FN2O3. The zero-order chi connectivity index (χ0) is 17.6. The molecule has 0 saturated heterocycles. The van der Waals surface area contributed by atoms with E-state index < -0.39 is 0 Å². The molecule has 6 heteroatoms. The van der Waals surface area contributed by atoms with Crippen LogP contribution in [-0.2, 0) is 6.61 Å². The van der Waals surface area contributed by atoms with E-state index in [0.29, 0.717) is 40.8 Å². The molecule has 0 unspecified atom stereocenters. The highest BCUT2D eigenvalue weighted by Crippen LogP contribution is 2.29. The van der Waals surface area contributed by atoms with Crippen molar-refractivity contribution in [3.8, 4) is 29.0 Å². The SMILES string of the molecule is CCOc1cc(C#N)ccc1OCc1coc(-c2ccc(F)cc2)n1. The number of halogens is 1. The van der Waals surface area contributed by atoms with E-state index in [1.54, 1.807) is 30.3 Å². The lowest BCUT2D eigenvalue weighted by molar-refractivity contribution is 0.266. The van der Waals surface area contributed by atoms with Gasteiger partial charge in [0.05, 0.1) is 18.2 Å². The second-order valence-electron chi connectivity index (χ2n) is 5.15. The summed E-state index contributed by atoms with van der Waals surface area (Å²) in [5.41, 5.74) is 1.77. The third kappa shape index (κ3) is 3.96. The molecule has 2 aromatic carbocycles. The second-order valence-corrected chi connectivity index (χ2v) is 5.15. The van der Waals surface area contributed by atoms with Crippen LogP contribution >= 0.6 is 0 Å². The smallest absolute Gasteiger partial charge is 0.226 e. The third-order valence-corrected chi connectivity index (χ3v) is 3.39. The van der Waals surface area contributed by atoms with E-state index in [2.05, 4.69) is 11.1 Å². The molecular weight excluding hydrogens is 323 g/mol. The number of benzene rings is 2. The molecule has 0 radical (unpaired) electrons. The van der Waals surface area contributed by atoms with Crippen LogP contribution in [0.1, 0.15) is 18.2 Å². The molecule has 0 saturated carbocycles. The van der Waals surface area contributed by atoms with Crippen molar-refractivity contribution in [2.24, 2.45) is 0 Å². The minimum absolute atomic E-state index is 0.177. The van der Waals surface area contributed by atoms with E-state index in [9.17, 15) is 4.39 Å². The molecule has 0 aliphatic rings. The molecule has 5 nitrogen and oxygen atoms in total. The third-order valence-electron chi connectivity index (χ3n) is 3.39. The van der Waals surface area contributed by atoms with Crippen molar-refractivity contribution < 1.29 is 18.3 Å². The summed E-state index contributed by atoms with van der Waals surface area (Å²) in [4.78, 5) is 4.33. The zero-order valence-corrected chi connectivity index (χ0v) is 13.5. The van der Waals surface area contributed by atoms with Crippen LogP contribution in [-0.4, -0.2) is 11.6 Å². The summed E-state index contributed by atoms with van der Waals surface area (Å²) in [6.07, 6.45) is 1.49. The molecule has 126 valence electrons. The van der Waals surface area contributed by atoms with Gasteiger partial charge in [-0.2, -0.15) is 5.26 Å². The molecule has 1 aromatic heterocycles. The van der Waals surface area contributed by atoms with Crippen molar-refractivity contribution >= 4 is 0 Å². The predicted molar refractivity (Wildman–Crippen MR) is 88.6 cm³/mol. The Labute approximate surface area is 144 Å². The Kier molecular flexibility index (Phi) is 4.95. The summed E-state index contributed by atoms with van der Waals surface area (Å²) < 4.78 is 29.6. The van der Waals surface area contributed by atoms with Crippen LogP contribution in [0.25, 0.3) is 11.5 Å². The largest absolute Gasteiger partial charge is 0.490 e. The standard InChI is InChI=1S/C19H15FN2O3/c1-2-23-18-9-13(10-21)3-8-17(18)24-11-16-12-25-19(22-16)14-4-6-15(20)7-5-14/h3-9,12H,2,11H2,1H3. The fraction of sp³-hybridized carbons (Fsp3) is 0.158. The zero-order valence-electron chi connectivity index (χ0n) is 13.5. The van der Waals surface area contributed by atoms with Gasteiger partial charge in [0.15, 0.2) is 11.5 Å². The van der Waals surface area contributed by atoms with Crippen molar-refractivity contribution in [3.05, 3.63) is 65.8 Å². The number of oxazole rings is 1. The average Bonchev–Trinajstić information content (AvgIpc) is 3.10. The summed E-state index contributed by atoms with van der Waals surface area (Å²) in [5, 5.41) is 8.96. The van der Waals surface area contributed by atoms with Crippen LogP contribution in [0.15, 0.2) is 53.1 Å². The summed E-state index contributed by atoms with van der Waals surface area (Å²) in [6.45, 7) is 2.50. The average molecular weight is 338 g/mol. The monoisotopic (exact) mass is 338 g/mol. The van der Waals surface area contributed by atoms with E-state index in [4.69, 9.17) is 19.2 Å². The first-order valence-corrected chi connectivity index (χ1v) is 7.69. The maximum absolute atomic E-state index is 13.0.